The number of ether oxygens (including phenoxy) is 2. The van der Waals surface area contributed by atoms with Gasteiger partial charge >= 0.3 is 5.97 Å². The van der Waals surface area contributed by atoms with Crippen molar-refractivity contribution >= 4 is 5.97 Å². The first kappa shape index (κ1) is 14.4. The molecule has 0 aliphatic heterocycles. The van der Waals surface area contributed by atoms with E-state index in [1.165, 1.54) is 0 Å². The van der Waals surface area contributed by atoms with Gasteiger partial charge in [0.05, 0.1) is 6.61 Å². The maximum absolute atomic E-state index is 11.1. The van der Waals surface area contributed by atoms with E-state index >= 15 is 0 Å². The number of nitrogens with two attached hydrogens (primary N) is 1. The predicted octanol–water partition coefficient (Wildman–Crippen LogP) is 1.48. The van der Waals surface area contributed by atoms with E-state index in [0.29, 0.717) is 26.2 Å². The minimum Gasteiger partial charge on any atom is -0.463 e. The normalized spacial score (nSPS) is 10.3. The van der Waals surface area contributed by atoms with E-state index in [-0.39, 0.29) is 5.97 Å². The van der Waals surface area contributed by atoms with Gasteiger partial charge in [-0.1, -0.05) is 13.3 Å². The summed E-state index contributed by atoms with van der Waals surface area (Å²) < 4.78 is 10.2. The first-order valence-electron chi connectivity index (χ1n) is 5.74. The van der Waals surface area contributed by atoms with Gasteiger partial charge in [-0.3, -0.25) is 4.79 Å². The highest BCUT2D eigenvalue weighted by molar-refractivity contribution is 5.69. The molecule has 0 rings (SSSR count). The Balaban J connectivity index is 3.10. The molecule has 0 unspecified atom stereocenters. The quantitative estimate of drug-likeness (QED) is 0.444. The van der Waals surface area contributed by atoms with Gasteiger partial charge in [0, 0.05) is 13.0 Å². The van der Waals surface area contributed by atoms with Crippen LogP contribution in [0.5, 0.6) is 0 Å². The summed E-state index contributed by atoms with van der Waals surface area (Å²) in [5, 5.41) is 0. The Labute approximate surface area is 92.1 Å². The predicted molar refractivity (Wildman–Crippen MR) is 59.6 cm³/mol. The Kier molecular flexibility index (Phi) is 11.0. The molecular formula is C11H23NO3. The molecule has 4 heteroatoms. The van der Waals surface area contributed by atoms with Crippen LogP contribution in [0, 0.1) is 0 Å². The van der Waals surface area contributed by atoms with Crippen molar-refractivity contribution in [2.45, 2.75) is 39.0 Å². The lowest BCUT2D eigenvalue weighted by Crippen LogP contribution is -2.11. The van der Waals surface area contributed by atoms with E-state index < -0.39 is 0 Å². The SMILES string of the molecule is CCCCOCCOC(=O)CCCCN. The molecule has 2 N–H and O–H groups in total. The van der Waals surface area contributed by atoms with Crippen molar-refractivity contribution in [2.24, 2.45) is 5.73 Å². The number of esters is 1. The number of unbranched alkanes of at least 4 members (excludes halogenated alkanes) is 2. The summed E-state index contributed by atoms with van der Waals surface area (Å²) in [4.78, 5) is 11.1. The van der Waals surface area contributed by atoms with Crippen molar-refractivity contribution in [3.63, 3.8) is 0 Å². The highest BCUT2D eigenvalue weighted by Crippen LogP contribution is 1.96. The molecule has 15 heavy (non-hydrogen) atoms. The zero-order chi connectivity index (χ0) is 11.4. The second kappa shape index (κ2) is 11.5. The van der Waals surface area contributed by atoms with E-state index in [9.17, 15) is 4.79 Å². The number of carbonyl (C=O) groups excluding carboxylic acids is 1. The van der Waals surface area contributed by atoms with Crippen LogP contribution in [0.4, 0.5) is 0 Å². The van der Waals surface area contributed by atoms with Gasteiger partial charge in [0.25, 0.3) is 0 Å². The van der Waals surface area contributed by atoms with Gasteiger partial charge in [-0.15, -0.1) is 0 Å². The fraction of sp³-hybridized carbons (Fsp3) is 0.909. The summed E-state index contributed by atoms with van der Waals surface area (Å²) in [7, 11) is 0. The fourth-order valence-corrected chi connectivity index (χ4v) is 1.05. The molecule has 0 spiro atoms. The lowest BCUT2D eigenvalue weighted by Gasteiger charge is -2.05. The second-order valence-electron chi connectivity index (χ2n) is 3.43. The van der Waals surface area contributed by atoms with Crippen LogP contribution in [-0.4, -0.2) is 32.3 Å². The Morgan fingerprint density at radius 1 is 1.13 bits per heavy atom. The number of rotatable bonds is 10. The van der Waals surface area contributed by atoms with E-state index in [2.05, 4.69) is 6.92 Å². The van der Waals surface area contributed by atoms with Gasteiger partial charge in [0.1, 0.15) is 6.61 Å². The summed E-state index contributed by atoms with van der Waals surface area (Å²) in [5.41, 5.74) is 5.31. The summed E-state index contributed by atoms with van der Waals surface area (Å²) in [6, 6.07) is 0. The molecule has 0 atom stereocenters. The van der Waals surface area contributed by atoms with Gasteiger partial charge in [0.2, 0.25) is 0 Å². The molecule has 0 aromatic heterocycles. The van der Waals surface area contributed by atoms with E-state index in [1.54, 1.807) is 0 Å². The van der Waals surface area contributed by atoms with Gasteiger partial charge < -0.3 is 15.2 Å². The van der Waals surface area contributed by atoms with Crippen molar-refractivity contribution in [1.29, 1.82) is 0 Å². The number of hydrogen-bond acceptors (Lipinski definition) is 4. The largest absolute Gasteiger partial charge is 0.463 e. The van der Waals surface area contributed by atoms with Gasteiger partial charge in [-0.05, 0) is 25.8 Å². The molecule has 0 fully saturated rings. The van der Waals surface area contributed by atoms with Crippen LogP contribution in [0.1, 0.15) is 39.0 Å². The molecule has 0 radical (unpaired) electrons. The summed E-state index contributed by atoms with van der Waals surface area (Å²) >= 11 is 0. The molecule has 0 bridgehead atoms. The van der Waals surface area contributed by atoms with E-state index in [4.69, 9.17) is 15.2 Å². The molecule has 90 valence electrons. The van der Waals surface area contributed by atoms with Crippen LogP contribution in [0.25, 0.3) is 0 Å². The molecule has 0 aromatic rings. The average molecular weight is 217 g/mol. The minimum atomic E-state index is -0.150. The van der Waals surface area contributed by atoms with Crippen LogP contribution >= 0.6 is 0 Å². The maximum Gasteiger partial charge on any atom is 0.305 e. The maximum atomic E-state index is 11.1. The van der Waals surface area contributed by atoms with Gasteiger partial charge in [0.15, 0.2) is 0 Å². The van der Waals surface area contributed by atoms with Gasteiger partial charge in [-0.2, -0.15) is 0 Å². The zero-order valence-electron chi connectivity index (χ0n) is 9.67. The Hall–Kier alpha value is -0.610. The Bertz CT molecular complexity index is 151. The molecular weight excluding hydrogens is 194 g/mol. The molecule has 0 heterocycles. The Morgan fingerprint density at radius 2 is 1.93 bits per heavy atom. The summed E-state index contributed by atoms with van der Waals surface area (Å²) in [6.07, 6.45) is 4.34. The zero-order valence-corrected chi connectivity index (χ0v) is 9.67. The van der Waals surface area contributed by atoms with Crippen molar-refractivity contribution in [3.05, 3.63) is 0 Å². The van der Waals surface area contributed by atoms with E-state index in [0.717, 1.165) is 32.3 Å². The second-order valence-corrected chi connectivity index (χ2v) is 3.43. The molecule has 4 nitrogen and oxygen atoms in total. The van der Waals surface area contributed by atoms with Crippen LogP contribution in [0.3, 0.4) is 0 Å². The van der Waals surface area contributed by atoms with Crippen molar-refractivity contribution in [1.82, 2.24) is 0 Å². The molecule has 0 aromatic carbocycles. The minimum absolute atomic E-state index is 0.150. The lowest BCUT2D eigenvalue weighted by atomic mass is 10.2. The molecule has 0 aliphatic carbocycles. The van der Waals surface area contributed by atoms with Crippen LogP contribution < -0.4 is 5.73 Å². The highest BCUT2D eigenvalue weighted by atomic mass is 16.6. The highest BCUT2D eigenvalue weighted by Gasteiger charge is 2.01. The third kappa shape index (κ3) is 11.3. The molecule has 0 saturated carbocycles. The Morgan fingerprint density at radius 3 is 2.60 bits per heavy atom. The van der Waals surface area contributed by atoms with Crippen molar-refractivity contribution < 1.29 is 14.3 Å². The van der Waals surface area contributed by atoms with E-state index in [1.807, 2.05) is 0 Å². The fourth-order valence-electron chi connectivity index (χ4n) is 1.05. The molecule has 0 amide bonds. The third-order valence-corrected chi connectivity index (χ3v) is 1.97. The number of hydrogen-bond donors (Lipinski definition) is 1. The van der Waals surface area contributed by atoms with Crippen molar-refractivity contribution in [3.8, 4) is 0 Å². The third-order valence-electron chi connectivity index (χ3n) is 1.97. The average Bonchev–Trinajstić information content (AvgIpc) is 2.23. The summed E-state index contributed by atoms with van der Waals surface area (Å²) in [5.74, 6) is -0.150. The van der Waals surface area contributed by atoms with Crippen LogP contribution in [0.15, 0.2) is 0 Å². The first-order valence-corrected chi connectivity index (χ1v) is 5.74. The smallest absolute Gasteiger partial charge is 0.305 e. The topological polar surface area (TPSA) is 61.5 Å². The molecule has 0 saturated heterocycles. The monoisotopic (exact) mass is 217 g/mol. The molecule has 0 aliphatic rings. The van der Waals surface area contributed by atoms with Crippen LogP contribution in [0.2, 0.25) is 0 Å². The van der Waals surface area contributed by atoms with Crippen LogP contribution in [-0.2, 0) is 14.3 Å². The summed E-state index contributed by atoms with van der Waals surface area (Å²) in [6.45, 7) is 4.36. The lowest BCUT2D eigenvalue weighted by molar-refractivity contribution is -0.145. The number of carbonyl (C=O) groups is 1. The van der Waals surface area contributed by atoms with Gasteiger partial charge in [-0.25, -0.2) is 0 Å². The first-order chi connectivity index (χ1) is 7.31. The van der Waals surface area contributed by atoms with Crippen molar-refractivity contribution in [2.75, 3.05) is 26.4 Å². The standard InChI is InChI=1S/C11H23NO3/c1-2-3-8-14-9-10-15-11(13)6-4-5-7-12/h2-10,12H2,1H3.